The summed E-state index contributed by atoms with van der Waals surface area (Å²) in [5.74, 6) is -0.244. The molecule has 0 radical (unpaired) electrons. The van der Waals surface area contributed by atoms with Crippen LogP contribution in [0.5, 0.6) is 0 Å². The zero-order valence-electron chi connectivity index (χ0n) is 10.5. The molecule has 0 aliphatic carbocycles. The highest BCUT2D eigenvalue weighted by Gasteiger charge is 2.09. The molecule has 6 nitrogen and oxygen atoms in total. The van der Waals surface area contributed by atoms with Crippen molar-refractivity contribution in [1.82, 2.24) is 9.97 Å². The maximum Gasteiger partial charge on any atom is 0.323 e. The standard InChI is InChI=1S/C12H14BrN3O3/c1-6(2)19-5-11(17)14-8-4-10-9(3-7(8)13)15-12(18)16-10/h3-4,6H,5H2,1-2H3,(H,14,17)(H2,15,16,18). The van der Waals surface area contributed by atoms with Crippen LogP contribution in [0.3, 0.4) is 0 Å². The second-order valence-corrected chi connectivity index (χ2v) is 5.22. The molecule has 0 bridgehead atoms. The van der Waals surface area contributed by atoms with Gasteiger partial charge >= 0.3 is 5.69 Å². The van der Waals surface area contributed by atoms with E-state index in [2.05, 4.69) is 31.2 Å². The second-order valence-electron chi connectivity index (χ2n) is 4.36. The smallest absolute Gasteiger partial charge is 0.323 e. The van der Waals surface area contributed by atoms with Gasteiger partial charge in [-0.1, -0.05) is 0 Å². The Morgan fingerprint density at radius 3 is 2.63 bits per heavy atom. The number of rotatable bonds is 4. The maximum atomic E-state index is 11.7. The predicted octanol–water partition coefficient (Wildman–Crippen LogP) is 1.98. The fraction of sp³-hybridized carbons (Fsp3) is 0.333. The Hall–Kier alpha value is -1.60. The van der Waals surface area contributed by atoms with Crippen LogP contribution in [0.25, 0.3) is 11.0 Å². The minimum atomic E-state index is -0.284. The first kappa shape index (κ1) is 13.8. The third kappa shape index (κ3) is 3.45. The number of aromatic amines is 2. The fourth-order valence-electron chi connectivity index (χ4n) is 1.58. The van der Waals surface area contributed by atoms with Crippen LogP contribution < -0.4 is 11.0 Å². The summed E-state index contributed by atoms with van der Waals surface area (Å²) in [6, 6.07) is 3.41. The van der Waals surface area contributed by atoms with Gasteiger partial charge in [-0.3, -0.25) is 4.79 Å². The van der Waals surface area contributed by atoms with Gasteiger partial charge in [-0.25, -0.2) is 4.79 Å². The lowest BCUT2D eigenvalue weighted by atomic mass is 10.2. The van der Waals surface area contributed by atoms with Crippen LogP contribution in [0.1, 0.15) is 13.8 Å². The summed E-state index contributed by atoms with van der Waals surface area (Å²) < 4.78 is 5.90. The van der Waals surface area contributed by atoms with E-state index in [4.69, 9.17) is 4.74 Å². The molecule has 0 unspecified atom stereocenters. The molecule has 0 spiro atoms. The predicted molar refractivity (Wildman–Crippen MR) is 76.3 cm³/mol. The number of aromatic nitrogens is 2. The summed E-state index contributed by atoms with van der Waals surface area (Å²) in [5.41, 5.74) is 1.61. The lowest BCUT2D eigenvalue weighted by molar-refractivity contribution is -0.121. The molecular formula is C12H14BrN3O3. The molecule has 0 aliphatic heterocycles. The number of anilines is 1. The molecule has 0 atom stereocenters. The van der Waals surface area contributed by atoms with Gasteiger partial charge in [-0.2, -0.15) is 0 Å². The first-order chi connectivity index (χ1) is 8.95. The summed E-state index contributed by atoms with van der Waals surface area (Å²) in [6.45, 7) is 3.71. The van der Waals surface area contributed by atoms with Crippen LogP contribution in [-0.4, -0.2) is 28.6 Å². The molecule has 1 heterocycles. The van der Waals surface area contributed by atoms with E-state index in [9.17, 15) is 9.59 Å². The summed E-state index contributed by atoms with van der Waals surface area (Å²) in [7, 11) is 0. The number of carbonyl (C=O) groups is 1. The highest BCUT2D eigenvalue weighted by Crippen LogP contribution is 2.26. The Kier molecular flexibility index (Phi) is 4.06. The summed E-state index contributed by atoms with van der Waals surface area (Å²) >= 11 is 3.34. The molecular weight excluding hydrogens is 314 g/mol. The third-order valence-corrected chi connectivity index (χ3v) is 3.08. The molecule has 0 fully saturated rings. The number of halogens is 1. The SMILES string of the molecule is CC(C)OCC(=O)Nc1cc2[nH]c(=O)[nH]c2cc1Br. The van der Waals surface area contributed by atoms with Gasteiger partial charge in [-0.15, -0.1) is 0 Å². The maximum absolute atomic E-state index is 11.7. The fourth-order valence-corrected chi connectivity index (χ4v) is 2.02. The Bertz CT molecular complexity index is 660. The molecule has 3 N–H and O–H groups in total. The van der Waals surface area contributed by atoms with Crippen LogP contribution in [0.2, 0.25) is 0 Å². The largest absolute Gasteiger partial charge is 0.369 e. The zero-order chi connectivity index (χ0) is 14.0. The van der Waals surface area contributed by atoms with E-state index in [1.54, 1.807) is 12.1 Å². The normalized spacial score (nSPS) is 11.2. The molecule has 19 heavy (non-hydrogen) atoms. The van der Waals surface area contributed by atoms with E-state index in [1.165, 1.54) is 0 Å². The Morgan fingerprint density at radius 2 is 2.00 bits per heavy atom. The monoisotopic (exact) mass is 327 g/mol. The van der Waals surface area contributed by atoms with Crippen molar-refractivity contribution in [2.45, 2.75) is 20.0 Å². The van der Waals surface area contributed by atoms with Gasteiger partial charge in [0.05, 0.1) is 22.8 Å². The molecule has 1 aromatic heterocycles. The molecule has 0 saturated carbocycles. The summed E-state index contributed by atoms with van der Waals surface area (Å²) in [6.07, 6.45) is -0.00213. The average Bonchev–Trinajstić information content (AvgIpc) is 2.66. The zero-order valence-corrected chi connectivity index (χ0v) is 12.1. The number of hydrogen-bond donors (Lipinski definition) is 3. The molecule has 102 valence electrons. The van der Waals surface area contributed by atoms with Crippen molar-refractivity contribution in [3.05, 3.63) is 27.1 Å². The van der Waals surface area contributed by atoms with Crippen molar-refractivity contribution in [1.29, 1.82) is 0 Å². The number of fused-ring (bicyclic) bond motifs is 1. The second kappa shape index (κ2) is 5.58. The molecule has 2 aromatic rings. The van der Waals surface area contributed by atoms with Gasteiger partial charge in [-0.05, 0) is 41.9 Å². The van der Waals surface area contributed by atoms with Crippen LogP contribution in [0.4, 0.5) is 5.69 Å². The van der Waals surface area contributed by atoms with Gasteiger partial charge in [0, 0.05) is 4.47 Å². The lowest BCUT2D eigenvalue weighted by Gasteiger charge is -2.09. The van der Waals surface area contributed by atoms with Crippen molar-refractivity contribution in [2.24, 2.45) is 0 Å². The quantitative estimate of drug-likeness (QED) is 0.802. The van der Waals surface area contributed by atoms with Crippen molar-refractivity contribution < 1.29 is 9.53 Å². The van der Waals surface area contributed by atoms with Crippen LogP contribution in [0.15, 0.2) is 21.4 Å². The van der Waals surface area contributed by atoms with Crippen molar-refractivity contribution in [2.75, 3.05) is 11.9 Å². The molecule has 2 rings (SSSR count). The Labute approximate surface area is 117 Å². The molecule has 1 amide bonds. The van der Waals surface area contributed by atoms with Crippen molar-refractivity contribution >= 4 is 38.6 Å². The van der Waals surface area contributed by atoms with Gasteiger partial charge in [0.15, 0.2) is 0 Å². The Balaban J connectivity index is 2.18. The highest BCUT2D eigenvalue weighted by atomic mass is 79.9. The lowest BCUT2D eigenvalue weighted by Crippen LogP contribution is -2.20. The number of benzene rings is 1. The first-order valence-electron chi connectivity index (χ1n) is 5.78. The molecule has 7 heteroatoms. The number of ether oxygens (including phenoxy) is 1. The van der Waals surface area contributed by atoms with E-state index >= 15 is 0 Å². The van der Waals surface area contributed by atoms with E-state index in [1.807, 2.05) is 13.8 Å². The minimum Gasteiger partial charge on any atom is -0.369 e. The van der Waals surface area contributed by atoms with E-state index in [-0.39, 0.29) is 24.3 Å². The Morgan fingerprint density at radius 1 is 1.37 bits per heavy atom. The van der Waals surface area contributed by atoms with Crippen molar-refractivity contribution in [3.63, 3.8) is 0 Å². The van der Waals surface area contributed by atoms with E-state index < -0.39 is 0 Å². The topological polar surface area (TPSA) is 87.0 Å². The summed E-state index contributed by atoms with van der Waals surface area (Å²) in [4.78, 5) is 28.1. The number of hydrogen-bond acceptors (Lipinski definition) is 3. The number of nitrogens with one attached hydrogen (secondary N) is 3. The highest BCUT2D eigenvalue weighted by molar-refractivity contribution is 9.10. The van der Waals surface area contributed by atoms with E-state index in [0.717, 1.165) is 0 Å². The van der Waals surface area contributed by atoms with Gasteiger partial charge in [0.25, 0.3) is 0 Å². The van der Waals surface area contributed by atoms with Gasteiger partial charge in [0.2, 0.25) is 5.91 Å². The van der Waals surface area contributed by atoms with E-state index in [0.29, 0.717) is 21.2 Å². The first-order valence-corrected chi connectivity index (χ1v) is 6.58. The third-order valence-electron chi connectivity index (χ3n) is 2.43. The van der Waals surface area contributed by atoms with Crippen LogP contribution >= 0.6 is 15.9 Å². The van der Waals surface area contributed by atoms with Gasteiger partial charge < -0.3 is 20.0 Å². The molecule has 1 aromatic carbocycles. The number of amides is 1. The van der Waals surface area contributed by atoms with Crippen LogP contribution in [0, 0.1) is 0 Å². The summed E-state index contributed by atoms with van der Waals surface area (Å²) in [5, 5.41) is 2.72. The molecule has 0 aliphatic rings. The van der Waals surface area contributed by atoms with Crippen LogP contribution in [-0.2, 0) is 9.53 Å². The number of carbonyl (C=O) groups excluding carboxylic acids is 1. The number of H-pyrrole nitrogens is 2. The van der Waals surface area contributed by atoms with Gasteiger partial charge in [0.1, 0.15) is 6.61 Å². The average molecular weight is 328 g/mol. The molecule has 0 saturated heterocycles. The van der Waals surface area contributed by atoms with Crippen molar-refractivity contribution in [3.8, 4) is 0 Å². The number of imidazole rings is 1. The minimum absolute atomic E-state index is 0.00213.